The van der Waals surface area contributed by atoms with E-state index in [4.69, 9.17) is 14.2 Å². The number of phenolic OH excluding ortho intramolecular Hbond substituents is 1. The first kappa shape index (κ1) is 28.7. The zero-order chi connectivity index (χ0) is 31.9. The fourth-order valence-corrected chi connectivity index (χ4v) is 6.12. The first-order valence-electron chi connectivity index (χ1n) is 12.8. The van der Waals surface area contributed by atoms with E-state index in [2.05, 4.69) is 0 Å². The SMILES string of the molecule is O=C(O)C1=C(O)[C@]2(O)C(=O)C3=C(O)c4c(ccc(OC5OC=C(c6cccc(C(=O)O)c6)O5)c4O)C[C@]3(O)C[C@]2(O)CC1=O. The third-order valence-corrected chi connectivity index (χ3v) is 8.11. The quantitative estimate of drug-likeness (QED) is 0.216. The number of ether oxygens (including phenoxy) is 3. The summed E-state index contributed by atoms with van der Waals surface area (Å²) < 4.78 is 16.4. The molecule has 6 rings (SSSR count). The van der Waals surface area contributed by atoms with E-state index < -0.39 is 100 Å². The van der Waals surface area contributed by atoms with Crippen LogP contribution in [-0.4, -0.2) is 87.6 Å². The lowest BCUT2D eigenvalue weighted by Gasteiger charge is -2.53. The average Bonchev–Trinajstić information content (AvgIpc) is 3.40. The van der Waals surface area contributed by atoms with E-state index in [1.54, 1.807) is 6.07 Å². The molecule has 0 aromatic heterocycles. The van der Waals surface area contributed by atoms with Crippen LogP contribution in [0.15, 0.2) is 59.6 Å². The summed E-state index contributed by atoms with van der Waals surface area (Å²) in [5.41, 5.74) is -11.1. The molecule has 1 aliphatic heterocycles. The molecule has 3 aliphatic carbocycles. The molecule has 15 nitrogen and oxygen atoms in total. The number of rotatable bonds is 5. The minimum atomic E-state index is -3.43. The molecule has 44 heavy (non-hydrogen) atoms. The Kier molecular flexibility index (Phi) is 6.08. The number of aliphatic hydroxyl groups is 5. The van der Waals surface area contributed by atoms with Gasteiger partial charge in [0.25, 0.3) is 0 Å². The predicted octanol–water partition coefficient (Wildman–Crippen LogP) is 0.659. The number of carbonyl (C=O) groups excluding carboxylic acids is 2. The lowest BCUT2D eigenvalue weighted by Crippen LogP contribution is -2.72. The van der Waals surface area contributed by atoms with Crippen molar-refractivity contribution in [3.8, 4) is 11.5 Å². The molecule has 2 aromatic rings. The van der Waals surface area contributed by atoms with E-state index in [1.807, 2.05) is 0 Å². The minimum absolute atomic E-state index is 0.0182. The Morgan fingerprint density at radius 3 is 2.36 bits per heavy atom. The van der Waals surface area contributed by atoms with Crippen molar-refractivity contribution in [2.75, 3.05) is 0 Å². The van der Waals surface area contributed by atoms with Crippen LogP contribution in [0.4, 0.5) is 0 Å². The van der Waals surface area contributed by atoms with Crippen molar-refractivity contribution in [2.24, 2.45) is 0 Å². The molecule has 4 atom stereocenters. The Balaban J connectivity index is 1.35. The minimum Gasteiger partial charge on any atom is -0.508 e. The molecule has 15 heteroatoms. The van der Waals surface area contributed by atoms with Gasteiger partial charge in [-0.15, -0.1) is 0 Å². The number of phenols is 1. The second kappa shape index (κ2) is 9.31. The molecule has 1 saturated carbocycles. The third kappa shape index (κ3) is 3.87. The Bertz CT molecular complexity index is 1800. The predicted molar refractivity (Wildman–Crippen MR) is 141 cm³/mol. The zero-order valence-electron chi connectivity index (χ0n) is 22.2. The fourth-order valence-electron chi connectivity index (χ4n) is 6.12. The maximum absolute atomic E-state index is 13.7. The number of aromatic carboxylic acids is 1. The third-order valence-electron chi connectivity index (χ3n) is 8.11. The molecule has 2 aromatic carbocycles. The summed E-state index contributed by atoms with van der Waals surface area (Å²) in [7, 11) is 0. The highest BCUT2D eigenvalue weighted by Crippen LogP contribution is 2.56. The van der Waals surface area contributed by atoms with Crippen molar-refractivity contribution < 1.29 is 74.2 Å². The van der Waals surface area contributed by atoms with E-state index in [0.29, 0.717) is 5.56 Å². The number of hydrogen-bond donors (Lipinski definition) is 8. The highest BCUT2D eigenvalue weighted by atomic mass is 16.9. The molecule has 0 radical (unpaired) electrons. The van der Waals surface area contributed by atoms with Gasteiger partial charge >= 0.3 is 18.4 Å². The zero-order valence-corrected chi connectivity index (χ0v) is 22.2. The maximum Gasteiger partial charge on any atom is 0.406 e. The number of carboxylic acids is 2. The second-order valence-electron chi connectivity index (χ2n) is 10.8. The van der Waals surface area contributed by atoms with Crippen LogP contribution in [0.3, 0.4) is 0 Å². The molecule has 0 bridgehead atoms. The van der Waals surface area contributed by atoms with Gasteiger partial charge in [-0.05, 0) is 23.8 Å². The number of carboxylic acid groups (broad SMARTS) is 2. The highest BCUT2D eigenvalue weighted by Gasteiger charge is 2.71. The van der Waals surface area contributed by atoms with Crippen LogP contribution in [0.25, 0.3) is 11.5 Å². The molecule has 1 fully saturated rings. The standard InChI is InChI=1S/C29H22O15/c30-14-8-28(40)10-27(39)7-13-4-5-15(43-26-42-9-16(44-26)11-2-1-3-12(6-11)24(35)36)20(31)17(13)21(32)19(27)23(34)29(28,41)22(33)18(14)25(37)38/h1-6,9,26,31-33,39-41H,7-8,10H2,(H,35,36)(H,37,38)/t26?,27-,28+,29-/m0/s1. The summed E-state index contributed by atoms with van der Waals surface area (Å²) in [6.45, 7) is -1.50. The Morgan fingerprint density at radius 1 is 0.955 bits per heavy atom. The summed E-state index contributed by atoms with van der Waals surface area (Å²) in [6, 6.07) is 8.26. The van der Waals surface area contributed by atoms with E-state index >= 15 is 0 Å². The van der Waals surface area contributed by atoms with E-state index in [-0.39, 0.29) is 22.6 Å². The number of hydrogen-bond acceptors (Lipinski definition) is 13. The lowest BCUT2D eigenvalue weighted by atomic mass is 9.55. The summed E-state index contributed by atoms with van der Waals surface area (Å²) in [5, 5.41) is 85.4. The van der Waals surface area contributed by atoms with Gasteiger partial charge in [0, 0.05) is 24.8 Å². The number of fused-ring (bicyclic) bond motifs is 3. The summed E-state index contributed by atoms with van der Waals surface area (Å²) in [5.74, 6) is -9.89. The number of benzene rings is 2. The fraction of sp³-hybridized carbons (Fsp3) is 0.241. The monoisotopic (exact) mass is 610 g/mol. The Labute approximate surface area is 245 Å². The van der Waals surface area contributed by atoms with E-state index in [0.717, 1.165) is 6.26 Å². The summed E-state index contributed by atoms with van der Waals surface area (Å²) in [6.07, 6.45) is -1.51. The number of ketones is 2. The molecule has 8 N–H and O–H groups in total. The number of Topliss-reactive ketones (excluding diaryl/α,β-unsaturated/α-hetero) is 2. The molecule has 228 valence electrons. The van der Waals surface area contributed by atoms with Crippen LogP contribution < -0.4 is 4.74 Å². The van der Waals surface area contributed by atoms with Gasteiger partial charge in [0.05, 0.1) is 16.7 Å². The summed E-state index contributed by atoms with van der Waals surface area (Å²) >= 11 is 0. The molecule has 0 saturated heterocycles. The van der Waals surface area contributed by atoms with Crippen molar-refractivity contribution in [1.29, 1.82) is 0 Å². The Morgan fingerprint density at radius 2 is 1.68 bits per heavy atom. The van der Waals surface area contributed by atoms with Gasteiger partial charge < -0.3 is 55.1 Å². The number of aliphatic hydroxyl groups excluding tert-OH is 2. The number of aliphatic carboxylic acids is 1. The molecule has 0 spiro atoms. The number of aromatic hydroxyl groups is 1. The van der Waals surface area contributed by atoms with Crippen molar-refractivity contribution in [3.05, 3.63) is 81.8 Å². The van der Waals surface area contributed by atoms with Gasteiger partial charge in [-0.1, -0.05) is 18.2 Å². The molecular formula is C29H22O15. The summed E-state index contributed by atoms with van der Waals surface area (Å²) in [4.78, 5) is 49.0. The second-order valence-corrected chi connectivity index (χ2v) is 10.8. The van der Waals surface area contributed by atoms with Gasteiger partial charge in [0.15, 0.2) is 28.8 Å². The van der Waals surface area contributed by atoms with Crippen LogP contribution in [0.1, 0.15) is 39.9 Å². The van der Waals surface area contributed by atoms with Gasteiger partial charge in [-0.3, -0.25) is 9.59 Å². The molecule has 0 amide bonds. The largest absolute Gasteiger partial charge is 0.508 e. The van der Waals surface area contributed by atoms with Gasteiger partial charge in [0.1, 0.15) is 28.8 Å². The molecule has 1 heterocycles. The van der Waals surface area contributed by atoms with Crippen LogP contribution in [0.5, 0.6) is 11.5 Å². The molecule has 1 unspecified atom stereocenters. The van der Waals surface area contributed by atoms with Crippen molar-refractivity contribution in [3.63, 3.8) is 0 Å². The molecular weight excluding hydrogens is 588 g/mol. The Hall–Kier alpha value is -5.38. The smallest absolute Gasteiger partial charge is 0.406 e. The maximum atomic E-state index is 13.7. The van der Waals surface area contributed by atoms with Crippen molar-refractivity contribution in [2.45, 2.75) is 42.5 Å². The van der Waals surface area contributed by atoms with Gasteiger partial charge in [-0.2, -0.15) is 0 Å². The van der Waals surface area contributed by atoms with Crippen molar-refractivity contribution >= 4 is 35.0 Å². The van der Waals surface area contributed by atoms with Crippen LogP contribution >= 0.6 is 0 Å². The lowest BCUT2D eigenvalue weighted by molar-refractivity contribution is -0.200. The van der Waals surface area contributed by atoms with Crippen LogP contribution in [0.2, 0.25) is 0 Å². The van der Waals surface area contributed by atoms with Crippen LogP contribution in [0, 0.1) is 0 Å². The van der Waals surface area contributed by atoms with Crippen molar-refractivity contribution in [1.82, 2.24) is 0 Å². The average molecular weight is 610 g/mol. The molecule has 4 aliphatic rings. The highest BCUT2D eigenvalue weighted by molar-refractivity contribution is 6.22. The first-order valence-corrected chi connectivity index (χ1v) is 12.8. The van der Waals surface area contributed by atoms with Gasteiger partial charge in [0.2, 0.25) is 11.4 Å². The number of carbonyl (C=O) groups is 4. The topological polar surface area (TPSA) is 258 Å². The van der Waals surface area contributed by atoms with E-state index in [9.17, 15) is 60.0 Å². The van der Waals surface area contributed by atoms with E-state index in [1.165, 1.54) is 30.3 Å². The first-order chi connectivity index (χ1) is 20.6. The van der Waals surface area contributed by atoms with Crippen LogP contribution in [-0.2, 0) is 30.3 Å². The van der Waals surface area contributed by atoms with Gasteiger partial charge in [-0.25, -0.2) is 9.59 Å². The normalized spacial score (nSPS) is 29.2.